The Morgan fingerprint density at radius 3 is 2.50 bits per heavy atom. The van der Waals surface area contributed by atoms with Crippen molar-refractivity contribution in [3.63, 3.8) is 0 Å². The highest BCUT2D eigenvalue weighted by Crippen LogP contribution is 2.18. The van der Waals surface area contributed by atoms with Gasteiger partial charge in [-0.25, -0.2) is 9.59 Å². The van der Waals surface area contributed by atoms with E-state index in [-0.39, 0.29) is 6.54 Å². The van der Waals surface area contributed by atoms with Crippen molar-refractivity contribution in [1.82, 2.24) is 10.2 Å². The van der Waals surface area contributed by atoms with Crippen LogP contribution >= 0.6 is 0 Å². The number of carboxylic acid groups (broad SMARTS) is 1. The number of hydrogen-bond donors (Lipinski definition) is 3. The van der Waals surface area contributed by atoms with Crippen molar-refractivity contribution in [3.05, 3.63) is 0 Å². The van der Waals surface area contributed by atoms with Gasteiger partial charge in [0, 0.05) is 13.1 Å². The lowest BCUT2D eigenvalue weighted by Gasteiger charge is -2.29. The van der Waals surface area contributed by atoms with Crippen molar-refractivity contribution in [2.45, 2.75) is 45.6 Å². The lowest BCUT2D eigenvalue weighted by Crippen LogP contribution is -2.52. The van der Waals surface area contributed by atoms with E-state index >= 15 is 0 Å². The molecule has 0 saturated carbocycles. The Morgan fingerprint density at radius 2 is 1.95 bits per heavy atom. The Hall–Kier alpha value is -1.79. The fraction of sp³-hybridized carbons (Fsp3) is 0.769. The third kappa shape index (κ3) is 4.11. The number of amides is 3. The first-order valence-corrected chi connectivity index (χ1v) is 6.83. The van der Waals surface area contributed by atoms with E-state index in [1.165, 1.54) is 4.90 Å². The Kier molecular flexibility index (Phi) is 5.35. The van der Waals surface area contributed by atoms with Crippen molar-refractivity contribution in [2.24, 2.45) is 11.1 Å². The molecular weight excluding hydrogens is 262 g/mol. The van der Waals surface area contributed by atoms with Crippen molar-refractivity contribution in [1.29, 1.82) is 0 Å². The van der Waals surface area contributed by atoms with E-state index in [2.05, 4.69) is 5.32 Å². The van der Waals surface area contributed by atoms with Crippen LogP contribution in [0.25, 0.3) is 0 Å². The number of carbonyl (C=O) groups excluding carboxylic acids is 2. The summed E-state index contributed by atoms with van der Waals surface area (Å²) in [6, 6.07) is -1.25. The van der Waals surface area contributed by atoms with Gasteiger partial charge in [-0.3, -0.25) is 4.79 Å². The Labute approximate surface area is 118 Å². The predicted molar refractivity (Wildman–Crippen MR) is 73.0 cm³/mol. The normalized spacial score (nSPS) is 20.1. The van der Waals surface area contributed by atoms with Crippen molar-refractivity contribution >= 4 is 17.9 Å². The lowest BCUT2D eigenvalue weighted by molar-refractivity contribution is -0.142. The molecule has 114 valence electrons. The maximum absolute atomic E-state index is 12.1. The molecule has 4 N–H and O–H groups in total. The minimum Gasteiger partial charge on any atom is -0.480 e. The van der Waals surface area contributed by atoms with Crippen molar-refractivity contribution in [3.8, 4) is 0 Å². The molecule has 3 amide bonds. The van der Waals surface area contributed by atoms with Gasteiger partial charge in [-0.05, 0) is 26.7 Å². The summed E-state index contributed by atoms with van der Waals surface area (Å²) in [5, 5.41) is 11.8. The smallest absolute Gasteiger partial charge is 0.326 e. The number of aliphatic carboxylic acids is 1. The van der Waals surface area contributed by atoms with Crippen LogP contribution in [0.2, 0.25) is 0 Å². The maximum Gasteiger partial charge on any atom is 0.326 e. The average Bonchev–Trinajstić information content (AvgIpc) is 2.61. The number of likely N-dealkylation sites (tertiary alicyclic amines) is 1. The number of rotatable bonds is 4. The molecule has 0 radical (unpaired) electrons. The second kappa shape index (κ2) is 6.58. The molecule has 1 fully saturated rings. The topological polar surface area (TPSA) is 113 Å². The molecule has 1 heterocycles. The molecule has 0 spiro atoms. The molecule has 1 saturated heterocycles. The highest BCUT2D eigenvalue weighted by Gasteiger charge is 2.32. The van der Waals surface area contributed by atoms with Crippen LogP contribution in [-0.4, -0.2) is 47.0 Å². The van der Waals surface area contributed by atoms with E-state index in [0.29, 0.717) is 13.0 Å². The van der Waals surface area contributed by atoms with E-state index in [9.17, 15) is 19.5 Å². The largest absolute Gasteiger partial charge is 0.480 e. The first-order chi connectivity index (χ1) is 9.25. The van der Waals surface area contributed by atoms with Gasteiger partial charge >= 0.3 is 12.0 Å². The van der Waals surface area contributed by atoms with Crippen LogP contribution in [0.15, 0.2) is 0 Å². The van der Waals surface area contributed by atoms with Gasteiger partial charge in [-0.1, -0.05) is 12.8 Å². The van der Waals surface area contributed by atoms with E-state index in [0.717, 1.165) is 19.3 Å². The summed E-state index contributed by atoms with van der Waals surface area (Å²) in [5.74, 6) is -1.50. The molecule has 1 unspecified atom stereocenters. The van der Waals surface area contributed by atoms with Gasteiger partial charge in [0.05, 0.1) is 5.41 Å². The number of urea groups is 1. The van der Waals surface area contributed by atoms with Gasteiger partial charge in [0.15, 0.2) is 0 Å². The zero-order valence-electron chi connectivity index (χ0n) is 12.0. The molecule has 0 aromatic heterocycles. The fourth-order valence-corrected chi connectivity index (χ4v) is 2.09. The summed E-state index contributed by atoms with van der Waals surface area (Å²) >= 11 is 0. The molecule has 1 rings (SSSR count). The molecule has 7 nitrogen and oxygen atoms in total. The van der Waals surface area contributed by atoms with Crippen LogP contribution in [0.5, 0.6) is 0 Å². The summed E-state index contributed by atoms with van der Waals surface area (Å²) in [6.45, 7) is 3.77. The highest BCUT2D eigenvalue weighted by molar-refractivity contribution is 5.84. The van der Waals surface area contributed by atoms with Gasteiger partial charge in [0.2, 0.25) is 5.91 Å². The third-order valence-electron chi connectivity index (χ3n) is 3.65. The molecule has 7 heteroatoms. The Bertz CT molecular complexity index is 395. The van der Waals surface area contributed by atoms with Crippen LogP contribution in [-0.2, 0) is 9.59 Å². The van der Waals surface area contributed by atoms with E-state index in [1.54, 1.807) is 13.8 Å². The minimum absolute atomic E-state index is 0.0873. The molecule has 20 heavy (non-hydrogen) atoms. The van der Waals surface area contributed by atoms with E-state index < -0.39 is 29.4 Å². The summed E-state index contributed by atoms with van der Waals surface area (Å²) < 4.78 is 0. The highest BCUT2D eigenvalue weighted by atomic mass is 16.4. The average molecular weight is 285 g/mol. The van der Waals surface area contributed by atoms with Gasteiger partial charge < -0.3 is 21.1 Å². The first kappa shape index (κ1) is 16.3. The maximum atomic E-state index is 12.1. The quantitative estimate of drug-likeness (QED) is 0.699. The molecule has 1 aliphatic heterocycles. The summed E-state index contributed by atoms with van der Waals surface area (Å²) in [5.41, 5.74) is 4.38. The molecule has 0 aromatic rings. The van der Waals surface area contributed by atoms with Gasteiger partial charge in [-0.15, -0.1) is 0 Å². The minimum atomic E-state index is -0.990. The SMILES string of the molecule is CC(C)(CNC(=O)N1CCCCCC1C(=O)O)C(N)=O. The second-order valence-electron chi connectivity index (χ2n) is 5.80. The molecule has 1 aliphatic rings. The van der Waals surface area contributed by atoms with Crippen LogP contribution in [0, 0.1) is 5.41 Å². The molecule has 1 atom stereocenters. The number of nitrogens with two attached hydrogens (primary N) is 1. The summed E-state index contributed by atoms with van der Waals surface area (Å²) in [7, 11) is 0. The zero-order valence-corrected chi connectivity index (χ0v) is 12.0. The zero-order chi connectivity index (χ0) is 15.3. The van der Waals surface area contributed by atoms with E-state index in [1.807, 2.05) is 0 Å². The molecular formula is C13H23N3O4. The third-order valence-corrected chi connectivity index (χ3v) is 3.65. The number of primary amides is 1. The molecule has 0 bridgehead atoms. The monoisotopic (exact) mass is 285 g/mol. The molecule has 0 aliphatic carbocycles. The Balaban J connectivity index is 2.68. The fourth-order valence-electron chi connectivity index (χ4n) is 2.09. The lowest BCUT2D eigenvalue weighted by atomic mass is 9.93. The van der Waals surface area contributed by atoms with Crippen LogP contribution in [0.3, 0.4) is 0 Å². The van der Waals surface area contributed by atoms with E-state index in [4.69, 9.17) is 5.73 Å². The molecule has 0 aromatic carbocycles. The number of carbonyl (C=O) groups is 3. The number of carboxylic acids is 1. The van der Waals surface area contributed by atoms with Crippen LogP contribution in [0.4, 0.5) is 4.79 Å². The van der Waals surface area contributed by atoms with Gasteiger partial charge in [0.25, 0.3) is 0 Å². The first-order valence-electron chi connectivity index (χ1n) is 6.83. The second-order valence-corrected chi connectivity index (χ2v) is 5.80. The van der Waals surface area contributed by atoms with Crippen molar-refractivity contribution < 1.29 is 19.5 Å². The van der Waals surface area contributed by atoms with Gasteiger partial charge in [-0.2, -0.15) is 0 Å². The standard InChI is InChI=1S/C13H23N3O4/c1-13(2,11(14)19)8-15-12(20)16-7-5-3-4-6-9(16)10(17)18/h9H,3-8H2,1-2H3,(H2,14,19)(H,15,20)(H,17,18). The van der Waals surface area contributed by atoms with Gasteiger partial charge in [0.1, 0.15) is 6.04 Å². The number of nitrogens with zero attached hydrogens (tertiary/aromatic N) is 1. The Morgan fingerprint density at radius 1 is 1.30 bits per heavy atom. The number of hydrogen-bond acceptors (Lipinski definition) is 3. The van der Waals surface area contributed by atoms with Crippen LogP contribution < -0.4 is 11.1 Å². The number of nitrogens with one attached hydrogen (secondary N) is 1. The summed E-state index contributed by atoms with van der Waals surface area (Å²) in [6.07, 6.45) is 2.96. The van der Waals surface area contributed by atoms with Crippen molar-refractivity contribution in [2.75, 3.05) is 13.1 Å². The predicted octanol–water partition coefficient (Wildman–Crippen LogP) is 0.537. The summed E-state index contributed by atoms with van der Waals surface area (Å²) in [4.78, 5) is 35.9. The van der Waals surface area contributed by atoms with Crippen LogP contribution in [0.1, 0.15) is 39.5 Å².